The van der Waals surface area contributed by atoms with E-state index >= 15 is 0 Å². The van der Waals surface area contributed by atoms with Crippen molar-refractivity contribution in [3.8, 4) is 11.1 Å². The molecule has 0 aromatic heterocycles. The van der Waals surface area contributed by atoms with Gasteiger partial charge in [-0.2, -0.15) is 0 Å². The van der Waals surface area contributed by atoms with Crippen LogP contribution in [0.5, 0.6) is 0 Å². The molecule has 1 atom stereocenters. The smallest absolute Gasteiger partial charge is 0.407 e. The number of hydrogen-bond donors (Lipinski definition) is 3. The molecule has 0 radical (unpaired) electrons. The second kappa shape index (κ2) is 10.0. The molecule has 2 aliphatic carbocycles. The molecule has 2 aromatic rings. The lowest BCUT2D eigenvalue weighted by Crippen LogP contribution is -2.48. The topological polar surface area (TPSA) is 114 Å². The number of fused-ring (bicyclic) bond motifs is 3. The molecule has 0 aliphatic heterocycles. The maximum Gasteiger partial charge on any atom is 0.407 e. The number of hydrogen-bond acceptors (Lipinski definition) is 5. The van der Waals surface area contributed by atoms with Gasteiger partial charge in [0.15, 0.2) is 6.04 Å². The van der Waals surface area contributed by atoms with Crippen LogP contribution in [0.25, 0.3) is 11.1 Å². The number of aliphatic carboxylic acids is 1. The summed E-state index contributed by atoms with van der Waals surface area (Å²) in [6.45, 7) is 0.173. The van der Waals surface area contributed by atoms with Crippen molar-refractivity contribution in [2.75, 3.05) is 20.3 Å². The van der Waals surface area contributed by atoms with Gasteiger partial charge in [-0.05, 0) is 41.0 Å². The van der Waals surface area contributed by atoms with Gasteiger partial charge in [0.1, 0.15) is 6.61 Å². The molecule has 3 N–H and O–H groups in total. The van der Waals surface area contributed by atoms with E-state index in [9.17, 15) is 14.4 Å². The van der Waals surface area contributed by atoms with Gasteiger partial charge in [0.2, 0.25) is 5.91 Å². The number of alkyl carbamates (subject to hydrolysis) is 1. The number of carboxylic acids is 1. The zero-order valence-corrected chi connectivity index (χ0v) is 18.5. The van der Waals surface area contributed by atoms with Gasteiger partial charge in [0.05, 0.1) is 6.61 Å². The zero-order valence-electron chi connectivity index (χ0n) is 18.5. The highest BCUT2D eigenvalue weighted by Gasteiger charge is 2.34. The molecule has 4 rings (SSSR count). The van der Waals surface area contributed by atoms with E-state index in [1.807, 2.05) is 24.3 Å². The van der Waals surface area contributed by atoms with Crippen LogP contribution in [0.4, 0.5) is 4.79 Å². The molecule has 0 saturated heterocycles. The molecular weight excluding hydrogens is 424 g/mol. The lowest BCUT2D eigenvalue weighted by Gasteiger charge is -2.35. The Morgan fingerprint density at radius 1 is 1.03 bits per heavy atom. The third kappa shape index (κ3) is 5.17. The summed E-state index contributed by atoms with van der Waals surface area (Å²) in [6.07, 6.45) is 1.06. The Kier molecular flexibility index (Phi) is 6.93. The molecule has 0 bridgehead atoms. The van der Waals surface area contributed by atoms with E-state index in [0.29, 0.717) is 12.8 Å². The Hall–Kier alpha value is -3.39. The first-order valence-corrected chi connectivity index (χ1v) is 11.1. The van der Waals surface area contributed by atoms with Crippen molar-refractivity contribution in [2.24, 2.45) is 5.92 Å². The van der Waals surface area contributed by atoms with Crippen molar-refractivity contribution < 1.29 is 29.0 Å². The molecule has 2 aliphatic rings. The van der Waals surface area contributed by atoms with E-state index in [0.717, 1.165) is 11.1 Å². The number of amides is 2. The lowest BCUT2D eigenvalue weighted by atomic mass is 9.78. The van der Waals surface area contributed by atoms with Crippen LogP contribution in [-0.4, -0.2) is 55.5 Å². The lowest BCUT2D eigenvalue weighted by molar-refractivity contribution is -0.143. The van der Waals surface area contributed by atoms with Crippen LogP contribution < -0.4 is 10.6 Å². The van der Waals surface area contributed by atoms with Gasteiger partial charge >= 0.3 is 12.1 Å². The summed E-state index contributed by atoms with van der Waals surface area (Å²) in [5.41, 5.74) is 4.68. The number of benzene rings is 2. The van der Waals surface area contributed by atoms with Crippen molar-refractivity contribution in [2.45, 2.75) is 37.3 Å². The van der Waals surface area contributed by atoms with Crippen molar-refractivity contribution in [1.29, 1.82) is 0 Å². The summed E-state index contributed by atoms with van der Waals surface area (Å²) in [5.74, 6) is -1.35. The number of nitrogens with one attached hydrogen (secondary N) is 2. The molecule has 2 aromatic carbocycles. The van der Waals surface area contributed by atoms with Gasteiger partial charge in [-0.15, -0.1) is 0 Å². The highest BCUT2D eigenvalue weighted by molar-refractivity contribution is 5.84. The maximum absolute atomic E-state index is 12.4. The summed E-state index contributed by atoms with van der Waals surface area (Å²) >= 11 is 0. The van der Waals surface area contributed by atoms with E-state index in [1.165, 1.54) is 18.2 Å². The Bertz CT molecular complexity index is 988. The largest absolute Gasteiger partial charge is 0.480 e. The predicted molar refractivity (Wildman–Crippen MR) is 121 cm³/mol. The summed E-state index contributed by atoms with van der Waals surface area (Å²) in [5, 5.41) is 14.4. The highest BCUT2D eigenvalue weighted by Crippen LogP contribution is 2.44. The van der Waals surface area contributed by atoms with Crippen molar-refractivity contribution in [1.82, 2.24) is 10.6 Å². The van der Waals surface area contributed by atoms with Gasteiger partial charge in [0.25, 0.3) is 0 Å². The average Bonchev–Trinajstić information content (AvgIpc) is 3.09. The monoisotopic (exact) mass is 452 g/mol. The van der Waals surface area contributed by atoms with Crippen LogP contribution in [0.1, 0.15) is 36.3 Å². The number of carbonyl (C=O) groups excluding carboxylic acids is 2. The first kappa shape index (κ1) is 22.8. The van der Waals surface area contributed by atoms with E-state index in [1.54, 1.807) is 0 Å². The van der Waals surface area contributed by atoms with Crippen LogP contribution in [-0.2, 0) is 19.1 Å². The molecule has 8 nitrogen and oxygen atoms in total. The second-order valence-electron chi connectivity index (χ2n) is 8.62. The molecule has 1 saturated carbocycles. The number of ether oxygens (including phenoxy) is 2. The van der Waals surface area contributed by atoms with Gasteiger partial charge in [-0.3, -0.25) is 4.79 Å². The summed E-state index contributed by atoms with van der Waals surface area (Å²) in [7, 11) is 1.38. The number of carboxylic acid groups (broad SMARTS) is 1. The number of rotatable bonds is 9. The third-order valence-electron chi connectivity index (χ3n) is 6.34. The van der Waals surface area contributed by atoms with Crippen LogP contribution in [0.2, 0.25) is 0 Å². The van der Waals surface area contributed by atoms with Crippen LogP contribution in [0, 0.1) is 5.92 Å². The molecule has 1 fully saturated rings. The van der Waals surface area contributed by atoms with E-state index in [-0.39, 0.29) is 43.4 Å². The highest BCUT2D eigenvalue weighted by atomic mass is 16.5. The number of carbonyl (C=O) groups is 3. The maximum atomic E-state index is 12.4. The summed E-state index contributed by atoms with van der Waals surface area (Å²) in [6, 6.07) is 15.2. The summed E-state index contributed by atoms with van der Waals surface area (Å²) < 4.78 is 10.4. The molecule has 0 spiro atoms. The first-order valence-electron chi connectivity index (χ1n) is 11.1. The molecule has 0 heterocycles. The number of methoxy groups -OCH3 is 1. The molecule has 8 heteroatoms. The normalized spacial score (nSPS) is 19.5. The van der Waals surface area contributed by atoms with Gasteiger partial charge < -0.3 is 25.2 Å². The second-order valence-corrected chi connectivity index (χ2v) is 8.62. The van der Waals surface area contributed by atoms with Crippen molar-refractivity contribution in [3.05, 3.63) is 59.7 Å². The molecule has 0 unspecified atom stereocenters. The van der Waals surface area contributed by atoms with Gasteiger partial charge in [0, 0.05) is 25.5 Å². The quantitative estimate of drug-likeness (QED) is 0.539. The molecular formula is C25H28N2O6. The van der Waals surface area contributed by atoms with Crippen molar-refractivity contribution in [3.63, 3.8) is 0 Å². The van der Waals surface area contributed by atoms with E-state index in [2.05, 4.69) is 34.9 Å². The first-order chi connectivity index (χ1) is 16.0. The fourth-order valence-electron chi connectivity index (χ4n) is 4.68. The minimum absolute atomic E-state index is 0.00951. The van der Waals surface area contributed by atoms with Gasteiger partial charge in [-0.25, -0.2) is 9.59 Å². The van der Waals surface area contributed by atoms with E-state index < -0.39 is 18.1 Å². The third-order valence-corrected chi connectivity index (χ3v) is 6.34. The molecule has 33 heavy (non-hydrogen) atoms. The fraction of sp³-hybridized carbons (Fsp3) is 0.400. The van der Waals surface area contributed by atoms with Crippen LogP contribution in [0.3, 0.4) is 0 Å². The SMILES string of the molecule is COC[C@H](NC(=O)CC1CC(NC(=O)OCC2c3ccccc3-c3ccccc32)C1)C(=O)O. The minimum atomic E-state index is -1.13. The standard InChI is InChI=1S/C25H28N2O6/c1-32-14-22(24(29)30)27-23(28)12-15-10-16(11-15)26-25(31)33-13-21-19-8-4-2-6-17(19)18-7-3-5-9-20(18)21/h2-9,15-16,21-22H,10-14H2,1H3,(H,26,31)(H,27,28)(H,29,30)/t15?,16?,22-/m0/s1. The minimum Gasteiger partial charge on any atom is -0.480 e. The van der Waals surface area contributed by atoms with Crippen LogP contribution in [0.15, 0.2) is 48.5 Å². The zero-order chi connectivity index (χ0) is 23.4. The van der Waals surface area contributed by atoms with Crippen LogP contribution >= 0.6 is 0 Å². The molecule has 2 amide bonds. The average molecular weight is 453 g/mol. The fourth-order valence-corrected chi connectivity index (χ4v) is 4.68. The Morgan fingerprint density at radius 2 is 1.64 bits per heavy atom. The van der Waals surface area contributed by atoms with E-state index in [4.69, 9.17) is 14.6 Å². The Labute approximate surface area is 192 Å². The summed E-state index contributed by atoms with van der Waals surface area (Å²) in [4.78, 5) is 35.5. The predicted octanol–water partition coefficient (Wildman–Crippen LogP) is 2.91. The van der Waals surface area contributed by atoms with Gasteiger partial charge in [-0.1, -0.05) is 48.5 Å². The Balaban J connectivity index is 1.22. The van der Waals surface area contributed by atoms with Crippen molar-refractivity contribution >= 4 is 18.0 Å². The Morgan fingerprint density at radius 3 is 2.21 bits per heavy atom. The molecule has 174 valence electrons.